The zero-order valence-corrected chi connectivity index (χ0v) is 13.0. The van der Waals surface area contributed by atoms with E-state index < -0.39 is 15.6 Å². The van der Waals surface area contributed by atoms with Gasteiger partial charge in [-0.1, -0.05) is 24.3 Å². The highest BCUT2D eigenvalue weighted by atomic mass is 32.2. The Morgan fingerprint density at radius 2 is 1.48 bits per heavy atom. The minimum absolute atomic E-state index is 0.191. The fraction of sp³-hybridized carbons (Fsp3) is 0.250. The summed E-state index contributed by atoms with van der Waals surface area (Å²) < 4.78 is 33.4. The number of benzene rings is 2. The average Bonchev–Trinajstić information content (AvgIpc) is 2.49. The van der Waals surface area contributed by atoms with Crippen molar-refractivity contribution < 1.29 is 13.2 Å². The van der Waals surface area contributed by atoms with Crippen LogP contribution >= 0.6 is 0 Å². The lowest BCUT2D eigenvalue weighted by molar-refractivity contribution is 0.471. The topological polar surface area (TPSA) is 46.6 Å². The van der Waals surface area contributed by atoms with E-state index in [1.807, 2.05) is 32.9 Å². The van der Waals surface area contributed by atoms with Crippen LogP contribution in [0.4, 0.5) is 5.69 Å². The third kappa shape index (κ3) is 2.17. The molecule has 0 saturated carbocycles. The first-order valence-electron chi connectivity index (χ1n) is 6.73. The van der Waals surface area contributed by atoms with E-state index >= 15 is 0 Å². The van der Waals surface area contributed by atoms with Crippen LogP contribution in [0.5, 0.6) is 11.5 Å². The van der Waals surface area contributed by atoms with Crippen LogP contribution in [0.15, 0.2) is 53.4 Å². The van der Waals surface area contributed by atoms with Crippen molar-refractivity contribution in [2.45, 2.75) is 31.2 Å². The largest absolute Gasteiger partial charge is 0.454 e. The Balaban J connectivity index is 2.39. The number of rotatable bonds is 0. The molecule has 0 atom stereocenters. The Morgan fingerprint density at radius 1 is 0.905 bits per heavy atom. The van der Waals surface area contributed by atoms with Gasteiger partial charge in [-0.25, -0.2) is 8.42 Å². The van der Waals surface area contributed by atoms with Crippen LogP contribution in [-0.2, 0) is 10.0 Å². The summed E-state index contributed by atoms with van der Waals surface area (Å²) in [5, 5.41) is 0. The molecule has 0 amide bonds. The quantitative estimate of drug-likeness (QED) is 0.744. The highest BCUT2D eigenvalue weighted by Gasteiger charge is 2.39. The standard InChI is InChI=1S/C16H17NO3S/c1-16(2,3)17-12-8-4-5-9-13(12)20-14-10-6-7-11-15(14)21(17,18)19/h4-11H,1-3H3. The van der Waals surface area contributed by atoms with Gasteiger partial charge < -0.3 is 4.74 Å². The Morgan fingerprint density at radius 3 is 2.14 bits per heavy atom. The minimum Gasteiger partial charge on any atom is -0.454 e. The molecule has 2 aromatic carbocycles. The molecule has 5 heteroatoms. The van der Waals surface area contributed by atoms with E-state index in [1.165, 1.54) is 4.31 Å². The highest BCUT2D eigenvalue weighted by molar-refractivity contribution is 7.93. The van der Waals surface area contributed by atoms with E-state index in [0.29, 0.717) is 17.2 Å². The number of hydrogen-bond donors (Lipinski definition) is 0. The van der Waals surface area contributed by atoms with Crippen LogP contribution in [0.1, 0.15) is 20.8 Å². The zero-order chi connectivity index (χ0) is 15.3. The van der Waals surface area contributed by atoms with E-state index in [9.17, 15) is 8.42 Å². The van der Waals surface area contributed by atoms with E-state index in [-0.39, 0.29) is 4.90 Å². The third-order valence-electron chi connectivity index (χ3n) is 3.28. The summed E-state index contributed by atoms with van der Waals surface area (Å²) >= 11 is 0. The predicted molar refractivity (Wildman–Crippen MR) is 82.4 cm³/mol. The van der Waals surface area contributed by atoms with Crippen molar-refractivity contribution in [1.82, 2.24) is 0 Å². The molecule has 0 aromatic heterocycles. The summed E-state index contributed by atoms with van der Waals surface area (Å²) in [4.78, 5) is 0.191. The molecule has 0 fully saturated rings. The molecule has 3 rings (SSSR count). The smallest absolute Gasteiger partial charge is 0.268 e. The molecule has 2 aromatic rings. The van der Waals surface area contributed by atoms with Crippen molar-refractivity contribution in [3.8, 4) is 11.5 Å². The average molecular weight is 303 g/mol. The van der Waals surface area contributed by atoms with Crippen molar-refractivity contribution in [1.29, 1.82) is 0 Å². The fourth-order valence-corrected chi connectivity index (χ4v) is 4.47. The summed E-state index contributed by atoms with van der Waals surface area (Å²) in [6.07, 6.45) is 0. The molecule has 1 aliphatic heterocycles. The normalized spacial score (nSPS) is 16.4. The van der Waals surface area contributed by atoms with Gasteiger partial charge in [0.2, 0.25) is 0 Å². The van der Waals surface area contributed by atoms with Crippen molar-refractivity contribution in [3.63, 3.8) is 0 Å². The maximum absolute atomic E-state index is 13.1. The number of ether oxygens (including phenoxy) is 1. The number of nitrogens with zero attached hydrogens (tertiary/aromatic N) is 1. The van der Waals surface area contributed by atoms with Gasteiger partial charge in [0.1, 0.15) is 10.6 Å². The molecular formula is C16H17NO3S. The van der Waals surface area contributed by atoms with E-state index in [2.05, 4.69) is 0 Å². The van der Waals surface area contributed by atoms with Gasteiger partial charge in [-0.05, 0) is 45.0 Å². The number of fused-ring (bicyclic) bond motifs is 2. The molecule has 0 spiro atoms. The Kier molecular flexibility index (Phi) is 2.99. The predicted octanol–water partition coefficient (Wildman–Crippen LogP) is 3.79. The molecule has 0 radical (unpaired) electrons. The number of para-hydroxylation sites is 3. The van der Waals surface area contributed by atoms with Gasteiger partial charge in [-0.2, -0.15) is 0 Å². The molecule has 1 heterocycles. The van der Waals surface area contributed by atoms with Crippen LogP contribution in [0.25, 0.3) is 0 Å². The fourth-order valence-electron chi connectivity index (χ4n) is 2.53. The van der Waals surface area contributed by atoms with Gasteiger partial charge in [0, 0.05) is 5.54 Å². The van der Waals surface area contributed by atoms with Crippen molar-refractivity contribution in [2.75, 3.05) is 4.31 Å². The van der Waals surface area contributed by atoms with Gasteiger partial charge in [0.05, 0.1) is 5.69 Å². The minimum atomic E-state index is -3.68. The number of anilines is 1. The second kappa shape index (κ2) is 4.49. The zero-order valence-electron chi connectivity index (χ0n) is 12.2. The molecule has 21 heavy (non-hydrogen) atoms. The molecule has 1 aliphatic rings. The van der Waals surface area contributed by atoms with Gasteiger partial charge in [0.15, 0.2) is 5.75 Å². The maximum atomic E-state index is 13.1. The van der Waals surface area contributed by atoms with Crippen molar-refractivity contribution >= 4 is 15.7 Å². The highest BCUT2D eigenvalue weighted by Crippen LogP contribution is 2.44. The lowest BCUT2D eigenvalue weighted by atomic mass is 10.1. The first kappa shape index (κ1) is 13.9. The summed E-state index contributed by atoms with van der Waals surface area (Å²) in [6, 6.07) is 13.9. The lowest BCUT2D eigenvalue weighted by Crippen LogP contribution is -2.45. The van der Waals surface area contributed by atoms with Crippen LogP contribution in [0.3, 0.4) is 0 Å². The van der Waals surface area contributed by atoms with Crippen LogP contribution in [-0.4, -0.2) is 14.0 Å². The number of sulfonamides is 1. The molecule has 0 bridgehead atoms. The van der Waals surface area contributed by atoms with Crippen LogP contribution in [0.2, 0.25) is 0 Å². The van der Waals surface area contributed by atoms with E-state index in [0.717, 1.165) is 0 Å². The lowest BCUT2D eigenvalue weighted by Gasteiger charge is -2.35. The summed E-state index contributed by atoms with van der Waals surface area (Å²) in [7, 11) is -3.68. The summed E-state index contributed by atoms with van der Waals surface area (Å²) in [6.45, 7) is 5.61. The first-order valence-corrected chi connectivity index (χ1v) is 8.17. The SMILES string of the molecule is CC(C)(C)N1c2ccccc2Oc2ccccc2S1(=O)=O. The van der Waals surface area contributed by atoms with Gasteiger partial charge >= 0.3 is 0 Å². The molecule has 0 N–H and O–H groups in total. The van der Waals surface area contributed by atoms with Crippen LogP contribution < -0.4 is 9.04 Å². The molecule has 0 aliphatic carbocycles. The van der Waals surface area contributed by atoms with E-state index in [4.69, 9.17) is 4.74 Å². The Bertz CT molecular complexity index is 791. The maximum Gasteiger partial charge on any atom is 0.268 e. The molecule has 4 nitrogen and oxygen atoms in total. The summed E-state index contributed by atoms with van der Waals surface area (Å²) in [5.74, 6) is 0.901. The van der Waals surface area contributed by atoms with Gasteiger partial charge in [0.25, 0.3) is 10.0 Å². The third-order valence-corrected chi connectivity index (χ3v) is 5.40. The second-order valence-corrected chi connectivity index (χ2v) is 7.71. The van der Waals surface area contributed by atoms with Crippen molar-refractivity contribution in [2.24, 2.45) is 0 Å². The van der Waals surface area contributed by atoms with Gasteiger partial charge in [-0.15, -0.1) is 0 Å². The first-order chi connectivity index (χ1) is 9.82. The molecular weight excluding hydrogens is 286 g/mol. The van der Waals surface area contributed by atoms with E-state index in [1.54, 1.807) is 36.4 Å². The van der Waals surface area contributed by atoms with Crippen molar-refractivity contribution in [3.05, 3.63) is 48.5 Å². The number of hydrogen-bond acceptors (Lipinski definition) is 3. The summed E-state index contributed by atoms with van der Waals surface area (Å²) in [5.41, 5.74) is -0.0448. The van der Waals surface area contributed by atoms with Gasteiger partial charge in [-0.3, -0.25) is 4.31 Å². The molecule has 0 saturated heterocycles. The monoisotopic (exact) mass is 303 g/mol. The van der Waals surface area contributed by atoms with Crippen LogP contribution in [0, 0.1) is 0 Å². The molecule has 110 valence electrons. The second-order valence-electron chi connectivity index (χ2n) is 5.96. The molecule has 0 unspecified atom stereocenters. The Hall–Kier alpha value is -2.01. The Labute approximate surface area is 125 Å².